The van der Waals surface area contributed by atoms with Gasteiger partial charge >= 0.3 is 11.9 Å². The van der Waals surface area contributed by atoms with Gasteiger partial charge in [-0.15, -0.1) is 0 Å². The van der Waals surface area contributed by atoms with Crippen molar-refractivity contribution in [1.29, 1.82) is 0 Å². The molecule has 3 N–H and O–H groups in total. The summed E-state index contributed by atoms with van der Waals surface area (Å²) < 4.78 is 0. The second kappa shape index (κ2) is 4.81. The van der Waals surface area contributed by atoms with Gasteiger partial charge in [0, 0.05) is 5.56 Å². The lowest BCUT2D eigenvalue weighted by Gasteiger charge is -2.10. The van der Waals surface area contributed by atoms with Crippen molar-refractivity contribution in [3.8, 4) is 16.9 Å². The molecule has 0 radical (unpaired) electrons. The second-order valence-electron chi connectivity index (χ2n) is 3.86. The van der Waals surface area contributed by atoms with Gasteiger partial charge < -0.3 is 15.3 Å². The van der Waals surface area contributed by atoms with Crippen LogP contribution in [0.2, 0.25) is 0 Å². The van der Waals surface area contributed by atoms with E-state index in [-0.39, 0.29) is 22.3 Å². The molecule has 19 heavy (non-hydrogen) atoms. The minimum Gasteiger partial charge on any atom is -0.507 e. The van der Waals surface area contributed by atoms with Crippen molar-refractivity contribution >= 4 is 11.9 Å². The van der Waals surface area contributed by atoms with Gasteiger partial charge in [-0.25, -0.2) is 9.59 Å². The van der Waals surface area contributed by atoms with E-state index in [1.807, 2.05) is 0 Å². The highest BCUT2D eigenvalue weighted by Gasteiger charge is 2.20. The number of carbonyl (C=O) groups is 2. The fraction of sp³-hybridized carbons (Fsp3) is 0. The molecule has 5 nitrogen and oxygen atoms in total. The van der Waals surface area contributed by atoms with E-state index < -0.39 is 17.7 Å². The molecule has 96 valence electrons. The fourth-order valence-corrected chi connectivity index (χ4v) is 1.89. The van der Waals surface area contributed by atoms with Crippen LogP contribution in [-0.4, -0.2) is 27.3 Å². The Bertz CT molecular complexity index is 661. The summed E-state index contributed by atoms with van der Waals surface area (Å²) in [7, 11) is 0. The Hall–Kier alpha value is -2.82. The average molecular weight is 258 g/mol. The third-order valence-electron chi connectivity index (χ3n) is 2.70. The van der Waals surface area contributed by atoms with Gasteiger partial charge in [-0.1, -0.05) is 30.3 Å². The van der Waals surface area contributed by atoms with E-state index in [0.29, 0.717) is 0 Å². The lowest BCUT2D eigenvalue weighted by Crippen LogP contribution is -2.04. The lowest BCUT2D eigenvalue weighted by molar-refractivity contribution is 0.0682. The van der Waals surface area contributed by atoms with Crippen LogP contribution in [0.15, 0.2) is 42.5 Å². The predicted molar refractivity (Wildman–Crippen MR) is 67.5 cm³/mol. The molecule has 2 aromatic rings. The fourth-order valence-electron chi connectivity index (χ4n) is 1.89. The van der Waals surface area contributed by atoms with E-state index in [4.69, 9.17) is 10.2 Å². The molecule has 2 rings (SSSR count). The molecule has 0 aliphatic carbocycles. The van der Waals surface area contributed by atoms with Gasteiger partial charge in [-0.05, 0) is 17.7 Å². The lowest BCUT2D eigenvalue weighted by atomic mass is 9.95. The molecule has 0 atom stereocenters. The first kappa shape index (κ1) is 12.6. The van der Waals surface area contributed by atoms with Crippen LogP contribution in [0.5, 0.6) is 5.75 Å². The second-order valence-corrected chi connectivity index (χ2v) is 3.86. The summed E-state index contributed by atoms with van der Waals surface area (Å²) in [5, 5.41) is 27.9. The van der Waals surface area contributed by atoms with Crippen molar-refractivity contribution in [2.24, 2.45) is 0 Å². The molecule has 0 bridgehead atoms. The number of aromatic hydroxyl groups is 1. The molecular formula is C14H10O5. The molecule has 0 unspecified atom stereocenters. The minimum absolute atomic E-state index is 0.0180. The Labute approximate surface area is 108 Å². The molecule has 5 heteroatoms. The Morgan fingerprint density at radius 2 is 1.42 bits per heavy atom. The van der Waals surface area contributed by atoms with Gasteiger partial charge in [0.15, 0.2) is 0 Å². The van der Waals surface area contributed by atoms with Crippen LogP contribution in [0.4, 0.5) is 0 Å². The van der Waals surface area contributed by atoms with E-state index >= 15 is 0 Å². The van der Waals surface area contributed by atoms with Gasteiger partial charge in [0.25, 0.3) is 0 Å². The van der Waals surface area contributed by atoms with Crippen molar-refractivity contribution in [2.45, 2.75) is 0 Å². The zero-order valence-electron chi connectivity index (χ0n) is 9.70. The number of carboxylic acid groups (broad SMARTS) is 2. The Morgan fingerprint density at radius 1 is 0.789 bits per heavy atom. The van der Waals surface area contributed by atoms with Gasteiger partial charge in [-0.3, -0.25) is 0 Å². The van der Waals surface area contributed by atoms with E-state index in [1.54, 1.807) is 12.1 Å². The smallest absolute Gasteiger partial charge is 0.340 e. The molecule has 2 aromatic carbocycles. The summed E-state index contributed by atoms with van der Waals surface area (Å²) in [6.45, 7) is 0. The monoisotopic (exact) mass is 258 g/mol. The summed E-state index contributed by atoms with van der Waals surface area (Å²) in [6, 6.07) is 10.2. The topological polar surface area (TPSA) is 94.8 Å². The van der Waals surface area contributed by atoms with Crippen molar-refractivity contribution in [3.05, 3.63) is 53.6 Å². The normalized spacial score (nSPS) is 10.1. The molecule has 0 heterocycles. The number of carboxylic acids is 2. The highest BCUT2D eigenvalue weighted by molar-refractivity contribution is 6.03. The van der Waals surface area contributed by atoms with Gasteiger partial charge in [0.1, 0.15) is 11.3 Å². The summed E-state index contributed by atoms with van der Waals surface area (Å²) in [5.74, 6) is -2.87. The summed E-state index contributed by atoms with van der Waals surface area (Å²) >= 11 is 0. The first-order chi connectivity index (χ1) is 9.02. The number of rotatable bonds is 3. The van der Waals surface area contributed by atoms with E-state index in [2.05, 4.69) is 0 Å². The van der Waals surface area contributed by atoms with Crippen LogP contribution in [-0.2, 0) is 0 Å². The minimum atomic E-state index is -1.31. The van der Waals surface area contributed by atoms with Gasteiger partial charge in [0.2, 0.25) is 0 Å². The molecule has 0 aliphatic rings. The summed E-state index contributed by atoms with van der Waals surface area (Å²) in [4.78, 5) is 22.3. The molecule has 0 aliphatic heterocycles. The van der Waals surface area contributed by atoms with E-state index in [1.165, 1.54) is 30.3 Å². The first-order valence-electron chi connectivity index (χ1n) is 5.40. The number of hydrogen-bond donors (Lipinski definition) is 3. The molecular weight excluding hydrogens is 248 g/mol. The number of aromatic carboxylic acids is 2. The zero-order valence-corrected chi connectivity index (χ0v) is 9.70. The molecule has 0 saturated carbocycles. The molecule has 0 fully saturated rings. The van der Waals surface area contributed by atoms with Crippen molar-refractivity contribution in [2.75, 3.05) is 0 Å². The van der Waals surface area contributed by atoms with Crippen molar-refractivity contribution in [1.82, 2.24) is 0 Å². The quantitative estimate of drug-likeness (QED) is 0.786. The molecule has 0 aromatic heterocycles. The Kier molecular flexibility index (Phi) is 3.20. The third kappa shape index (κ3) is 2.26. The van der Waals surface area contributed by atoms with E-state index in [9.17, 15) is 14.7 Å². The summed E-state index contributed by atoms with van der Waals surface area (Å²) in [6.07, 6.45) is 0. The third-order valence-corrected chi connectivity index (χ3v) is 2.70. The van der Waals surface area contributed by atoms with Gasteiger partial charge in [-0.2, -0.15) is 0 Å². The van der Waals surface area contributed by atoms with Crippen LogP contribution < -0.4 is 0 Å². The Morgan fingerprint density at radius 3 is 2.05 bits per heavy atom. The zero-order chi connectivity index (χ0) is 14.0. The van der Waals surface area contributed by atoms with Crippen molar-refractivity contribution in [3.63, 3.8) is 0 Å². The predicted octanol–water partition coefficient (Wildman–Crippen LogP) is 2.46. The maximum absolute atomic E-state index is 11.2. The maximum Gasteiger partial charge on any atom is 0.340 e. The van der Waals surface area contributed by atoms with Crippen LogP contribution >= 0.6 is 0 Å². The largest absolute Gasteiger partial charge is 0.507 e. The van der Waals surface area contributed by atoms with E-state index in [0.717, 1.165) is 0 Å². The van der Waals surface area contributed by atoms with Crippen LogP contribution in [0.3, 0.4) is 0 Å². The molecule has 0 amide bonds. The molecule has 0 spiro atoms. The summed E-state index contributed by atoms with van der Waals surface area (Å²) in [5.41, 5.74) is 0.0978. The SMILES string of the molecule is O=C(O)c1ccccc1-c1cccc(O)c1C(=O)O. The number of benzene rings is 2. The molecule has 0 saturated heterocycles. The van der Waals surface area contributed by atoms with Crippen LogP contribution in [0.1, 0.15) is 20.7 Å². The number of hydrogen-bond acceptors (Lipinski definition) is 3. The number of phenols is 1. The van der Waals surface area contributed by atoms with Crippen LogP contribution in [0, 0.1) is 0 Å². The highest BCUT2D eigenvalue weighted by atomic mass is 16.4. The van der Waals surface area contributed by atoms with Crippen LogP contribution in [0.25, 0.3) is 11.1 Å². The standard InChI is InChI=1S/C14H10O5/c15-11-7-3-6-9(12(11)14(18)19)8-4-1-2-5-10(8)13(16)17/h1-7,15H,(H,16,17)(H,18,19). The van der Waals surface area contributed by atoms with Crippen molar-refractivity contribution < 1.29 is 24.9 Å². The highest BCUT2D eigenvalue weighted by Crippen LogP contribution is 2.32. The maximum atomic E-state index is 11.2. The first-order valence-corrected chi connectivity index (χ1v) is 5.40. The van der Waals surface area contributed by atoms with Gasteiger partial charge in [0.05, 0.1) is 5.56 Å². The average Bonchev–Trinajstić information content (AvgIpc) is 2.37. The Balaban J connectivity index is 2.76.